The summed E-state index contributed by atoms with van der Waals surface area (Å²) in [4.78, 5) is 12.4. The molecule has 11 heteroatoms. The SMILES string of the molecule is COc1ccccc1C(=O)Nc1nnc(S(=O)(=O)N(C)c2ccc(Cl)cc2)s1. The minimum atomic E-state index is -3.94. The molecule has 3 rings (SSSR count). The second-order valence-corrected chi connectivity index (χ2v) is 9.03. The molecule has 0 bridgehead atoms. The first-order valence-corrected chi connectivity index (χ1v) is 10.5. The van der Waals surface area contributed by atoms with Crippen molar-refractivity contribution in [3.63, 3.8) is 0 Å². The molecule has 0 fully saturated rings. The Kier molecular flexibility index (Phi) is 5.82. The molecule has 0 aliphatic heterocycles. The summed E-state index contributed by atoms with van der Waals surface area (Å²) in [6.07, 6.45) is 0. The molecule has 3 aromatic rings. The largest absolute Gasteiger partial charge is 0.496 e. The number of hydrogen-bond acceptors (Lipinski definition) is 7. The summed E-state index contributed by atoms with van der Waals surface area (Å²) < 4.78 is 31.5. The molecule has 2 aromatic carbocycles. The molecule has 1 heterocycles. The zero-order chi connectivity index (χ0) is 20.3. The van der Waals surface area contributed by atoms with Gasteiger partial charge in [-0.15, -0.1) is 10.2 Å². The Morgan fingerprint density at radius 2 is 1.82 bits per heavy atom. The van der Waals surface area contributed by atoms with E-state index in [1.165, 1.54) is 14.2 Å². The quantitative estimate of drug-likeness (QED) is 0.592. The van der Waals surface area contributed by atoms with Crippen molar-refractivity contribution in [1.82, 2.24) is 10.2 Å². The van der Waals surface area contributed by atoms with E-state index in [9.17, 15) is 13.2 Å². The Bertz CT molecular complexity index is 1100. The fraction of sp³-hybridized carbons (Fsp3) is 0.118. The van der Waals surface area contributed by atoms with Crippen LogP contribution in [-0.2, 0) is 10.0 Å². The normalized spacial score (nSPS) is 11.1. The van der Waals surface area contributed by atoms with E-state index in [1.54, 1.807) is 48.5 Å². The van der Waals surface area contributed by atoms with Crippen LogP contribution in [0, 0.1) is 0 Å². The number of para-hydroxylation sites is 1. The van der Waals surface area contributed by atoms with Crippen molar-refractivity contribution in [3.05, 3.63) is 59.1 Å². The standard InChI is InChI=1S/C17H15ClN4O4S2/c1-22(12-9-7-11(18)8-10-12)28(24,25)17-21-20-16(27-17)19-15(23)13-5-3-4-6-14(13)26-2/h3-10H,1-2H3,(H,19,20,23). The van der Waals surface area contributed by atoms with Gasteiger partial charge in [-0.05, 0) is 36.4 Å². The number of nitrogens with one attached hydrogen (secondary N) is 1. The molecule has 0 atom stereocenters. The lowest BCUT2D eigenvalue weighted by molar-refractivity contribution is 0.102. The monoisotopic (exact) mass is 438 g/mol. The molecule has 1 aromatic heterocycles. The first kappa shape index (κ1) is 20.1. The predicted octanol–water partition coefficient (Wildman–Crippen LogP) is 3.28. The average Bonchev–Trinajstić information content (AvgIpc) is 3.17. The molecule has 1 amide bonds. The van der Waals surface area contributed by atoms with E-state index in [0.29, 0.717) is 22.0 Å². The highest BCUT2D eigenvalue weighted by molar-refractivity contribution is 7.94. The van der Waals surface area contributed by atoms with Crippen LogP contribution >= 0.6 is 22.9 Å². The zero-order valence-corrected chi connectivity index (χ0v) is 17.2. The smallest absolute Gasteiger partial charge is 0.293 e. The van der Waals surface area contributed by atoms with Gasteiger partial charge in [0.15, 0.2) is 0 Å². The number of anilines is 2. The number of carbonyl (C=O) groups is 1. The number of hydrogen-bond donors (Lipinski definition) is 1. The van der Waals surface area contributed by atoms with Crippen LogP contribution < -0.4 is 14.4 Å². The lowest BCUT2D eigenvalue weighted by atomic mass is 10.2. The first-order chi connectivity index (χ1) is 13.3. The van der Waals surface area contributed by atoms with Gasteiger partial charge in [0.05, 0.1) is 18.4 Å². The van der Waals surface area contributed by atoms with Gasteiger partial charge in [0.2, 0.25) is 5.13 Å². The lowest BCUT2D eigenvalue weighted by Crippen LogP contribution is -2.26. The third kappa shape index (κ3) is 4.08. The summed E-state index contributed by atoms with van der Waals surface area (Å²) in [5, 5.41) is 10.6. The number of sulfonamides is 1. The third-order valence-electron chi connectivity index (χ3n) is 3.75. The van der Waals surface area contributed by atoms with Crippen molar-refractivity contribution < 1.29 is 17.9 Å². The molecule has 0 unspecified atom stereocenters. The number of nitrogens with zero attached hydrogens (tertiary/aromatic N) is 3. The van der Waals surface area contributed by atoms with Crippen LogP contribution in [0.4, 0.5) is 10.8 Å². The molecular formula is C17H15ClN4O4S2. The van der Waals surface area contributed by atoms with E-state index in [2.05, 4.69) is 15.5 Å². The van der Waals surface area contributed by atoms with Crippen LogP contribution in [0.2, 0.25) is 5.02 Å². The van der Waals surface area contributed by atoms with Crippen LogP contribution in [0.15, 0.2) is 52.9 Å². The highest BCUT2D eigenvalue weighted by Crippen LogP contribution is 2.28. The summed E-state index contributed by atoms with van der Waals surface area (Å²) in [5.41, 5.74) is 0.710. The Morgan fingerprint density at radius 3 is 2.50 bits per heavy atom. The Balaban J connectivity index is 1.81. The molecule has 0 saturated carbocycles. The second kappa shape index (κ2) is 8.13. The molecule has 8 nitrogen and oxygen atoms in total. The van der Waals surface area contributed by atoms with Gasteiger partial charge in [0.1, 0.15) is 5.75 Å². The number of benzene rings is 2. The Morgan fingerprint density at radius 1 is 1.14 bits per heavy atom. The van der Waals surface area contributed by atoms with Gasteiger partial charge < -0.3 is 4.74 Å². The average molecular weight is 439 g/mol. The molecule has 0 radical (unpaired) electrons. The summed E-state index contributed by atoms with van der Waals surface area (Å²) in [6.45, 7) is 0. The maximum atomic E-state index is 12.8. The number of aromatic nitrogens is 2. The number of halogens is 1. The topological polar surface area (TPSA) is 101 Å². The van der Waals surface area contributed by atoms with Crippen molar-refractivity contribution in [2.75, 3.05) is 23.8 Å². The minimum absolute atomic E-state index is 0.0546. The summed E-state index contributed by atoms with van der Waals surface area (Å²) in [6, 6.07) is 13.0. The van der Waals surface area contributed by atoms with Crippen molar-refractivity contribution in [3.8, 4) is 5.75 Å². The fourth-order valence-corrected chi connectivity index (χ4v) is 4.64. The highest BCUT2D eigenvalue weighted by Gasteiger charge is 2.27. The fourth-order valence-electron chi connectivity index (χ4n) is 2.27. The van der Waals surface area contributed by atoms with Crippen molar-refractivity contribution in [2.45, 2.75) is 4.34 Å². The zero-order valence-electron chi connectivity index (χ0n) is 14.8. The number of rotatable bonds is 6. The first-order valence-electron chi connectivity index (χ1n) is 7.85. The van der Waals surface area contributed by atoms with E-state index < -0.39 is 15.9 Å². The van der Waals surface area contributed by atoms with Gasteiger partial charge in [-0.3, -0.25) is 14.4 Å². The van der Waals surface area contributed by atoms with E-state index in [1.807, 2.05) is 0 Å². The van der Waals surface area contributed by atoms with Crippen LogP contribution in [0.25, 0.3) is 0 Å². The number of methoxy groups -OCH3 is 1. The Labute approximate surface area is 170 Å². The minimum Gasteiger partial charge on any atom is -0.496 e. The van der Waals surface area contributed by atoms with E-state index in [-0.39, 0.29) is 9.47 Å². The molecule has 146 valence electrons. The highest BCUT2D eigenvalue weighted by atomic mass is 35.5. The maximum Gasteiger partial charge on any atom is 0.293 e. The molecule has 0 spiro atoms. The molecule has 1 N–H and O–H groups in total. The maximum absolute atomic E-state index is 12.8. The second-order valence-electron chi connectivity index (χ2n) is 5.48. The van der Waals surface area contributed by atoms with Gasteiger partial charge in [-0.1, -0.05) is 35.1 Å². The van der Waals surface area contributed by atoms with Gasteiger partial charge in [-0.25, -0.2) is 0 Å². The summed E-state index contributed by atoms with van der Waals surface area (Å²) in [5.74, 6) is -0.0940. The van der Waals surface area contributed by atoms with Crippen LogP contribution in [0.5, 0.6) is 5.75 Å². The number of amides is 1. The molecule has 0 saturated heterocycles. The van der Waals surface area contributed by atoms with Crippen LogP contribution in [-0.4, -0.2) is 38.7 Å². The van der Waals surface area contributed by atoms with Crippen LogP contribution in [0.1, 0.15) is 10.4 Å². The number of ether oxygens (including phenoxy) is 1. The van der Waals surface area contributed by atoms with Gasteiger partial charge in [0.25, 0.3) is 20.3 Å². The molecular weight excluding hydrogens is 424 g/mol. The lowest BCUT2D eigenvalue weighted by Gasteiger charge is -2.17. The summed E-state index contributed by atoms with van der Waals surface area (Å²) in [7, 11) is -1.09. The molecule has 28 heavy (non-hydrogen) atoms. The third-order valence-corrected chi connectivity index (χ3v) is 6.97. The van der Waals surface area contributed by atoms with Crippen molar-refractivity contribution in [1.29, 1.82) is 0 Å². The number of carbonyl (C=O) groups excluding carboxylic acids is 1. The van der Waals surface area contributed by atoms with Gasteiger partial charge in [0, 0.05) is 12.1 Å². The van der Waals surface area contributed by atoms with E-state index in [0.717, 1.165) is 15.6 Å². The van der Waals surface area contributed by atoms with Crippen molar-refractivity contribution >= 4 is 49.7 Å². The van der Waals surface area contributed by atoms with Crippen LogP contribution in [0.3, 0.4) is 0 Å². The van der Waals surface area contributed by atoms with Gasteiger partial charge >= 0.3 is 0 Å². The molecule has 0 aliphatic rings. The van der Waals surface area contributed by atoms with E-state index >= 15 is 0 Å². The predicted molar refractivity (Wildman–Crippen MR) is 108 cm³/mol. The Hall–Kier alpha value is -2.69. The summed E-state index contributed by atoms with van der Waals surface area (Å²) >= 11 is 6.59. The van der Waals surface area contributed by atoms with Gasteiger partial charge in [-0.2, -0.15) is 8.42 Å². The van der Waals surface area contributed by atoms with E-state index in [4.69, 9.17) is 16.3 Å². The van der Waals surface area contributed by atoms with Crippen molar-refractivity contribution in [2.24, 2.45) is 0 Å². The molecule has 0 aliphatic carbocycles.